The molecular weight excluding hydrogens is 326 g/mol. The van der Waals surface area contributed by atoms with Crippen LogP contribution in [0.4, 0.5) is 0 Å². The van der Waals surface area contributed by atoms with Crippen molar-refractivity contribution in [3.05, 3.63) is 53.4 Å². The van der Waals surface area contributed by atoms with E-state index in [4.69, 9.17) is 0 Å². The number of carbonyl (C=O) groups is 1. The fourth-order valence-electron chi connectivity index (χ4n) is 2.29. The van der Waals surface area contributed by atoms with Crippen LogP contribution in [0.5, 0.6) is 0 Å². The number of para-hydroxylation sites is 1. The molecule has 1 aromatic heterocycles. The van der Waals surface area contributed by atoms with E-state index in [1.165, 1.54) is 6.08 Å². The standard InChI is InChI=1S/C17H21N3O3S/c1-13-16(9-10-17(21)18-11-12-24(3,22)23)14(2)20(19-13)15-7-5-4-6-8-15/h4-10H,11-12H2,1-3H3,(H,18,21)/b10-9+. The van der Waals surface area contributed by atoms with Crippen molar-refractivity contribution in [2.24, 2.45) is 0 Å². The minimum Gasteiger partial charge on any atom is -0.352 e. The van der Waals surface area contributed by atoms with Crippen molar-refractivity contribution in [3.63, 3.8) is 0 Å². The van der Waals surface area contributed by atoms with Crippen molar-refractivity contribution in [3.8, 4) is 5.69 Å². The van der Waals surface area contributed by atoms with Gasteiger partial charge in [-0.05, 0) is 32.1 Å². The molecule has 0 aliphatic rings. The number of carbonyl (C=O) groups excluding carboxylic acids is 1. The van der Waals surface area contributed by atoms with Crippen LogP contribution in [0.3, 0.4) is 0 Å². The number of nitrogens with zero attached hydrogens (tertiary/aromatic N) is 2. The first kappa shape index (κ1) is 17.9. The minimum atomic E-state index is -3.08. The summed E-state index contributed by atoms with van der Waals surface area (Å²) in [4.78, 5) is 11.8. The molecule has 128 valence electrons. The third-order valence-corrected chi connectivity index (χ3v) is 4.47. The molecule has 0 atom stereocenters. The second-order valence-corrected chi connectivity index (χ2v) is 7.85. The van der Waals surface area contributed by atoms with Crippen LogP contribution in [-0.2, 0) is 14.6 Å². The van der Waals surface area contributed by atoms with Gasteiger partial charge in [0.1, 0.15) is 9.84 Å². The quantitative estimate of drug-likeness (QED) is 0.806. The van der Waals surface area contributed by atoms with Crippen LogP contribution in [-0.4, -0.2) is 42.7 Å². The fraction of sp³-hybridized carbons (Fsp3) is 0.294. The molecule has 0 spiro atoms. The first-order valence-corrected chi connectivity index (χ1v) is 9.59. The Morgan fingerprint density at radius 2 is 1.92 bits per heavy atom. The van der Waals surface area contributed by atoms with E-state index in [1.807, 2.05) is 48.9 Å². The summed E-state index contributed by atoms with van der Waals surface area (Å²) in [5, 5.41) is 7.06. The van der Waals surface area contributed by atoms with Crippen LogP contribution in [0, 0.1) is 13.8 Å². The smallest absolute Gasteiger partial charge is 0.244 e. The number of hydrogen-bond donors (Lipinski definition) is 1. The highest BCUT2D eigenvalue weighted by Gasteiger charge is 2.10. The zero-order valence-corrected chi connectivity index (χ0v) is 14.8. The Morgan fingerprint density at radius 3 is 2.54 bits per heavy atom. The second-order valence-electron chi connectivity index (χ2n) is 5.59. The molecule has 0 fully saturated rings. The van der Waals surface area contributed by atoms with E-state index in [0.29, 0.717) is 0 Å². The van der Waals surface area contributed by atoms with E-state index < -0.39 is 9.84 Å². The molecule has 0 unspecified atom stereocenters. The third kappa shape index (κ3) is 4.79. The summed E-state index contributed by atoms with van der Waals surface area (Å²) in [7, 11) is -3.08. The lowest BCUT2D eigenvalue weighted by Gasteiger charge is -2.03. The summed E-state index contributed by atoms with van der Waals surface area (Å²) in [5.41, 5.74) is 3.57. The monoisotopic (exact) mass is 347 g/mol. The molecule has 1 N–H and O–H groups in total. The second kappa shape index (κ2) is 7.44. The van der Waals surface area contributed by atoms with Crippen molar-refractivity contribution >= 4 is 21.8 Å². The van der Waals surface area contributed by atoms with Crippen LogP contribution in [0.15, 0.2) is 36.4 Å². The van der Waals surface area contributed by atoms with Gasteiger partial charge >= 0.3 is 0 Å². The summed E-state index contributed by atoms with van der Waals surface area (Å²) in [6.07, 6.45) is 4.24. The van der Waals surface area contributed by atoms with E-state index in [0.717, 1.165) is 28.9 Å². The predicted octanol–water partition coefficient (Wildman–Crippen LogP) is 1.66. The number of benzene rings is 1. The van der Waals surface area contributed by atoms with Crippen LogP contribution in [0.2, 0.25) is 0 Å². The lowest BCUT2D eigenvalue weighted by atomic mass is 10.2. The first-order chi connectivity index (χ1) is 11.3. The van der Waals surface area contributed by atoms with E-state index in [-0.39, 0.29) is 18.2 Å². The largest absolute Gasteiger partial charge is 0.352 e. The summed E-state index contributed by atoms with van der Waals surface area (Å²) in [5.74, 6) is -0.402. The number of sulfone groups is 1. The highest BCUT2D eigenvalue weighted by atomic mass is 32.2. The van der Waals surface area contributed by atoms with Gasteiger partial charge in [0.2, 0.25) is 5.91 Å². The number of hydrogen-bond acceptors (Lipinski definition) is 4. The Labute approximate surface area is 142 Å². The molecule has 0 aliphatic heterocycles. The third-order valence-electron chi connectivity index (χ3n) is 3.52. The molecule has 0 aliphatic carbocycles. The average Bonchev–Trinajstić information content (AvgIpc) is 2.79. The van der Waals surface area contributed by atoms with Gasteiger partial charge in [-0.25, -0.2) is 13.1 Å². The lowest BCUT2D eigenvalue weighted by Crippen LogP contribution is -2.27. The van der Waals surface area contributed by atoms with Gasteiger partial charge in [0, 0.05) is 30.1 Å². The molecule has 2 rings (SSSR count). The Bertz CT molecular complexity index is 853. The zero-order valence-electron chi connectivity index (χ0n) is 14.0. The fourth-order valence-corrected chi connectivity index (χ4v) is 2.77. The molecule has 6 nitrogen and oxygen atoms in total. The summed E-state index contributed by atoms with van der Waals surface area (Å²) in [6.45, 7) is 3.92. The van der Waals surface area contributed by atoms with Crippen LogP contribution < -0.4 is 5.32 Å². The molecular formula is C17H21N3O3S. The van der Waals surface area contributed by atoms with Crippen molar-refractivity contribution in [2.75, 3.05) is 18.6 Å². The van der Waals surface area contributed by atoms with Crippen LogP contribution in [0.25, 0.3) is 11.8 Å². The lowest BCUT2D eigenvalue weighted by molar-refractivity contribution is -0.116. The van der Waals surface area contributed by atoms with Gasteiger partial charge in [-0.3, -0.25) is 4.79 Å². The van der Waals surface area contributed by atoms with E-state index >= 15 is 0 Å². The SMILES string of the molecule is Cc1nn(-c2ccccc2)c(C)c1/C=C/C(=O)NCCS(C)(=O)=O. The molecule has 1 heterocycles. The number of nitrogens with one attached hydrogen (secondary N) is 1. The van der Waals surface area contributed by atoms with Crippen molar-refractivity contribution in [1.29, 1.82) is 0 Å². The molecule has 1 amide bonds. The van der Waals surface area contributed by atoms with Gasteiger partial charge in [0.25, 0.3) is 0 Å². The summed E-state index contributed by atoms with van der Waals surface area (Å²) in [6, 6.07) is 9.75. The van der Waals surface area contributed by atoms with Crippen LogP contribution >= 0.6 is 0 Å². The number of aryl methyl sites for hydroxylation is 1. The molecule has 0 bridgehead atoms. The Hall–Kier alpha value is -2.41. The number of aromatic nitrogens is 2. The van der Waals surface area contributed by atoms with Crippen LogP contribution in [0.1, 0.15) is 17.0 Å². The van der Waals surface area contributed by atoms with Gasteiger partial charge in [0.05, 0.1) is 17.1 Å². The van der Waals surface area contributed by atoms with Crippen molar-refractivity contribution < 1.29 is 13.2 Å². The normalized spacial score (nSPS) is 11.8. The summed E-state index contributed by atoms with van der Waals surface area (Å²) < 4.78 is 23.9. The van der Waals surface area contributed by atoms with Gasteiger partial charge in [-0.2, -0.15) is 5.10 Å². The average molecular weight is 347 g/mol. The molecule has 7 heteroatoms. The van der Waals surface area contributed by atoms with Crippen molar-refractivity contribution in [1.82, 2.24) is 15.1 Å². The topological polar surface area (TPSA) is 81.1 Å². The van der Waals surface area contributed by atoms with E-state index in [2.05, 4.69) is 10.4 Å². The minimum absolute atomic E-state index is 0.0728. The highest BCUT2D eigenvalue weighted by Crippen LogP contribution is 2.18. The van der Waals surface area contributed by atoms with Gasteiger partial charge in [0.15, 0.2) is 0 Å². The predicted molar refractivity (Wildman–Crippen MR) is 94.8 cm³/mol. The van der Waals surface area contributed by atoms with E-state index in [9.17, 15) is 13.2 Å². The molecule has 2 aromatic rings. The Morgan fingerprint density at radius 1 is 1.25 bits per heavy atom. The highest BCUT2D eigenvalue weighted by molar-refractivity contribution is 7.90. The first-order valence-electron chi connectivity index (χ1n) is 7.53. The van der Waals surface area contributed by atoms with E-state index in [1.54, 1.807) is 6.08 Å². The Kier molecular flexibility index (Phi) is 5.56. The maximum atomic E-state index is 11.8. The zero-order chi connectivity index (χ0) is 17.7. The maximum absolute atomic E-state index is 11.8. The maximum Gasteiger partial charge on any atom is 0.244 e. The molecule has 0 saturated carbocycles. The molecule has 24 heavy (non-hydrogen) atoms. The van der Waals surface area contributed by atoms with Crippen molar-refractivity contribution in [2.45, 2.75) is 13.8 Å². The molecule has 0 saturated heterocycles. The number of amides is 1. The molecule has 1 aromatic carbocycles. The van der Waals surface area contributed by atoms with Gasteiger partial charge in [-0.15, -0.1) is 0 Å². The molecule has 0 radical (unpaired) electrons. The Balaban J connectivity index is 2.10. The number of rotatable bonds is 6. The van der Waals surface area contributed by atoms with Gasteiger partial charge in [-0.1, -0.05) is 18.2 Å². The summed E-state index contributed by atoms with van der Waals surface area (Å²) >= 11 is 0. The van der Waals surface area contributed by atoms with Gasteiger partial charge < -0.3 is 5.32 Å².